The van der Waals surface area contributed by atoms with Crippen LogP contribution in [0.15, 0.2) is 71.8 Å². The second kappa shape index (κ2) is 14.5. The summed E-state index contributed by atoms with van der Waals surface area (Å²) in [5.41, 5.74) is -1.00. The van der Waals surface area contributed by atoms with Gasteiger partial charge >= 0.3 is 12.3 Å². The normalized spacial score (nSPS) is 15.5. The summed E-state index contributed by atoms with van der Waals surface area (Å²) in [5.74, 6) is 0.583. The van der Waals surface area contributed by atoms with Gasteiger partial charge in [0.2, 0.25) is 0 Å². The lowest BCUT2D eigenvalue weighted by Crippen LogP contribution is -2.34. The Labute approximate surface area is 262 Å². The van der Waals surface area contributed by atoms with Crippen molar-refractivity contribution in [2.75, 3.05) is 32.1 Å². The van der Waals surface area contributed by atoms with E-state index in [-0.39, 0.29) is 32.4 Å². The lowest BCUT2D eigenvalue weighted by atomic mass is 10.2. The smallest absolute Gasteiger partial charge is 0.423 e. The molecule has 2 aromatic carbocycles. The molecule has 1 N–H and O–H groups in total. The quantitative estimate of drug-likeness (QED) is 0.238. The van der Waals surface area contributed by atoms with Gasteiger partial charge in [0.15, 0.2) is 0 Å². The molecule has 2 atom stereocenters. The summed E-state index contributed by atoms with van der Waals surface area (Å²) in [5, 5.41) is 15.0. The summed E-state index contributed by atoms with van der Waals surface area (Å²) in [6.07, 6.45) is -1.90. The van der Waals surface area contributed by atoms with Gasteiger partial charge in [-0.05, 0) is 36.6 Å². The topological polar surface area (TPSA) is 126 Å². The Kier molecular flexibility index (Phi) is 10.2. The number of benzene rings is 2. The number of carbonyl (C=O) groups is 1. The highest BCUT2D eigenvalue weighted by Gasteiger charge is 2.38. The van der Waals surface area contributed by atoms with Crippen LogP contribution in [-0.2, 0) is 35.4 Å². The van der Waals surface area contributed by atoms with Crippen LogP contribution in [0.1, 0.15) is 41.8 Å². The zero-order valence-electron chi connectivity index (χ0n) is 25.3. The van der Waals surface area contributed by atoms with Gasteiger partial charge in [-0.1, -0.05) is 47.7 Å². The van der Waals surface area contributed by atoms with Crippen LogP contribution in [0.3, 0.4) is 0 Å². The molecule has 2 aromatic heterocycles. The largest absolute Gasteiger partial charge is 0.497 e. The molecule has 46 heavy (non-hydrogen) atoms. The maximum atomic E-state index is 14.0. The van der Waals surface area contributed by atoms with Crippen molar-refractivity contribution < 1.29 is 32.2 Å². The van der Waals surface area contributed by atoms with Crippen molar-refractivity contribution in [3.8, 4) is 5.75 Å². The number of aromatic nitrogens is 5. The molecule has 12 nitrogen and oxygen atoms in total. The number of nitrogens with zero attached hydrogens (tertiary/aromatic N) is 6. The third-order valence-electron chi connectivity index (χ3n) is 7.40. The summed E-state index contributed by atoms with van der Waals surface area (Å²) >= 11 is 0. The fourth-order valence-corrected chi connectivity index (χ4v) is 5.03. The maximum Gasteiger partial charge on any atom is 0.423 e. The highest BCUT2D eigenvalue weighted by molar-refractivity contribution is 5.68. The van der Waals surface area contributed by atoms with Gasteiger partial charge in [-0.3, -0.25) is 4.79 Å². The first-order chi connectivity index (χ1) is 22.1. The molecular formula is C31H34F3N7O5. The summed E-state index contributed by atoms with van der Waals surface area (Å²) in [7, 11) is 1.50. The van der Waals surface area contributed by atoms with Gasteiger partial charge in [0, 0.05) is 19.1 Å². The molecule has 3 heterocycles. The first-order valence-electron chi connectivity index (χ1n) is 14.6. The summed E-state index contributed by atoms with van der Waals surface area (Å²) in [6.45, 7) is 2.71. The molecular weight excluding hydrogens is 607 g/mol. The highest BCUT2D eigenvalue weighted by Crippen LogP contribution is 2.32. The summed E-state index contributed by atoms with van der Waals surface area (Å²) in [4.78, 5) is 27.0. The van der Waals surface area contributed by atoms with E-state index < -0.39 is 35.1 Å². The molecule has 15 heteroatoms. The molecule has 5 rings (SSSR count). The number of hydrogen-bond donors (Lipinski definition) is 1. The average molecular weight is 642 g/mol. The van der Waals surface area contributed by atoms with Gasteiger partial charge in [-0.2, -0.15) is 18.3 Å². The minimum Gasteiger partial charge on any atom is -0.497 e. The molecule has 0 bridgehead atoms. The Hall–Kier alpha value is -4.92. The van der Waals surface area contributed by atoms with Crippen molar-refractivity contribution >= 4 is 11.8 Å². The molecule has 0 saturated carbocycles. The third kappa shape index (κ3) is 8.21. The van der Waals surface area contributed by atoms with Crippen molar-refractivity contribution in [3.63, 3.8) is 0 Å². The molecule has 0 radical (unpaired) electrons. The van der Waals surface area contributed by atoms with E-state index in [1.807, 2.05) is 30.3 Å². The van der Waals surface area contributed by atoms with Crippen molar-refractivity contribution in [1.29, 1.82) is 0 Å². The lowest BCUT2D eigenvalue weighted by molar-refractivity contribution is -0.138. The summed E-state index contributed by atoms with van der Waals surface area (Å²) in [6, 6.07) is 15.4. The first-order valence-corrected chi connectivity index (χ1v) is 14.6. The fourth-order valence-electron chi connectivity index (χ4n) is 5.03. The van der Waals surface area contributed by atoms with Gasteiger partial charge in [-0.15, -0.1) is 5.10 Å². The number of rotatable bonds is 12. The van der Waals surface area contributed by atoms with Gasteiger partial charge in [0.25, 0.3) is 5.56 Å². The van der Waals surface area contributed by atoms with E-state index in [4.69, 9.17) is 14.2 Å². The van der Waals surface area contributed by atoms with Gasteiger partial charge < -0.3 is 24.4 Å². The molecule has 1 aliphatic heterocycles. The summed E-state index contributed by atoms with van der Waals surface area (Å²) < 4.78 is 60.6. The number of hydrogen-bond acceptors (Lipinski definition) is 9. The highest BCUT2D eigenvalue weighted by atomic mass is 19.4. The van der Waals surface area contributed by atoms with Crippen molar-refractivity contribution in [2.45, 2.75) is 51.4 Å². The van der Waals surface area contributed by atoms with Crippen LogP contribution < -0.4 is 15.6 Å². The number of nitrogens with one attached hydrogen (secondary N) is 1. The zero-order valence-corrected chi connectivity index (χ0v) is 25.3. The number of likely N-dealkylation sites (tertiary alicyclic amines) is 1. The van der Waals surface area contributed by atoms with E-state index in [9.17, 15) is 22.8 Å². The standard InChI is InChI=1S/C31H34F3N7O5/c1-21(36-27-14-35-41(29(42)28(27)31(32,33)34)15-22-8-10-26(44-2)11-9-22)18-45-20-24-16-40(38-37-24)25-12-13-39(17-25)30(43)46-19-23-6-4-3-5-7-23/h3-11,14,16,21,25,36H,12-13,15,17-20H2,1-2H3. The Balaban J connectivity index is 1.11. The zero-order chi connectivity index (χ0) is 32.7. The van der Waals surface area contributed by atoms with Gasteiger partial charge in [0.1, 0.15) is 23.6 Å². The fraction of sp³-hybridized carbons (Fsp3) is 0.387. The van der Waals surface area contributed by atoms with Crippen LogP contribution in [0.2, 0.25) is 0 Å². The monoisotopic (exact) mass is 641 g/mol. The van der Waals surface area contributed by atoms with Crippen LogP contribution in [0.4, 0.5) is 23.7 Å². The van der Waals surface area contributed by atoms with Crippen LogP contribution in [-0.4, -0.2) is 68.6 Å². The molecule has 0 aliphatic carbocycles. The molecule has 4 aromatic rings. The second-order valence-corrected chi connectivity index (χ2v) is 10.9. The number of ether oxygens (including phenoxy) is 3. The number of anilines is 1. The van der Waals surface area contributed by atoms with E-state index in [2.05, 4.69) is 20.7 Å². The average Bonchev–Trinajstić information content (AvgIpc) is 3.72. The van der Waals surface area contributed by atoms with Crippen LogP contribution in [0.5, 0.6) is 5.75 Å². The number of amides is 1. The first kappa shape index (κ1) is 32.5. The second-order valence-electron chi connectivity index (χ2n) is 10.9. The van der Waals surface area contributed by atoms with Gasteiger partial charge in [-0.25, -0.2) is 14.2 Å². The minimum atomic E-state index is -4.91. The lowest BCUT2D eigenvalue weighted by Gasteiger charge is -2.19. The van der Waals surface area contributed by atoms with Crippen molar-refractivity contribution in [1.82, 2.24) is 29.7 Å². The van der Waals surface area contributed by atoms with E-state index >= 15 is 0 Å². The van der Waals surface area contributed by atoms with E-state index in [1.54, 1.807) is 47.0 Å². The third-order valence-corrected chi connectivity index (χ3v) is 7.40. The predicted octanol–water partition coefficient (Wildman–Crippen LogP) is 4.51. The Morgan fingerprint density at radius 2 is 1.85 bits per heavy atom. The molecule has 1 fully saturated rings. The molecule has 1 saturated heterocycles. The molecule has 2 unspecified atom stereocenters. The molecule has 244 valence electrons. The number of carbonyl (C=O) groups excluding carboxylic acids is 1. The van der Waals surface area contributed by atoms with E-state index in [0.717, 1.165) is 16.4 Å². The van der Waals surface area contributed by atoms with Crippen LogP contribution >= 0.6 is 0 Å². The van der Waals surface area contributed by atoms with Crippen LogP contribution in [0, 0.1) is 0 Å². The molecule has 0 spiro atoms. The Morgan fingerprint density at radius 3 is 2.57 bits per heavy atom. The van der Waals surface area contributed by atoms with Gasteiger partial charge in [0.05, 0.1) is 51.0 Å². The van der Waals surface area contributed by atoms with E-state index in [0.29, 0.717) is 36.5 Å². The van der Waals surface area contributed by atoms with Crippen molar-refractivity contribution in [2.24, 2.45) is 0 Å². The predicted molar refractivity (Wildman–Crippen MR) is 160 cm³/mol. The molecule has 1 amide bonds. The van der Waals surface area contributed by atoms with E-state index in [1.165, 1.54) is 7.11 Å². The number of methoxy groups -OCH3 is 1. The maximum absolute atomic E-state index is 14.0. The van der Waals surface area contributed by atoms with Crippen LogP contribution in [0.25, 0.3) is 0 Å². The number of alkyl halides is 3. The SMILES string of the molecule is COc1ccc(Cn2ncc(NC(C)COCc3cn(C4CCN(C(=O)OCc5ccccc5)C4)nn3)c(C(F)(F)F)c2=O)cc1. The Morgan fingerprint density at radius 1 is 1.09 bits per heavy atom. The van der Waals surface area contributed by atoms with Crippen molar-refractivity contribution in [3.05, 3.63) is 99.7 Å². The number of halogens is 3. The Bertz CT molecular complexity index is 1660. The molecule has 1 aliphatic rings. The minimum absolute atomic E-state index is 0.0174.